The van der Waals surface area contributed by atoms with E-state index in [1.807, 2.05) is 0 Å². The Morgan fingerprint density at radius 3 is 1.36 bits per heavy atom. The number of hydrogen-bond acceptors (Lipinski definition) is 5. The molecule has 0 aliphatic heterocycles. The molecule has 0 heterocycles. The molecule has 0 bridgehead atoms. The van der Waals surface area contributed by atoms with Crippen LogP contribution in [0.25, 0.3) is 0 Å². The summed E-state index contributed by atoms with van der Waals surface area (Å²) >= 11 is 0. The van der Waals surface area contributed by atoms with E-state index in [1.165, 1.54) is 161 Å². The van der Waals surface area contributed by atoms with Gasteiger partial charge in [-0.15, -0.1) is 0 Å². The van der Waals surface area contributed by atoms with Crippen molar-refractivity contribution in [3.63, 3.8) is 0 Å². The van der Waals surface area contributed by atoms with Gasteiger partial charge in [0, 0.05) is 13.0 Å². The molecule has 0 aromatic carbocycles. The first-order chi connectivity index (χ1) is 23.1. The maximum Gasteiger partial charge on any atom is 0.306 e. The number of rotatable bonds is 40. The standard InChI is InChI=1S/C42H85NO4/c1-4-7-10-13-16-25-32-39-46-41(44)35-28-21-17-23-30-37-43-38-31-24-18-22-29-36-42(45)47-40(33-26-19-14-11-8-5-2)34-27-20-15-12-9-6-3/h40-41,43-44H,4-39H2,1-3H3. The van der Waals surface area contributed by atoms with Gasteiger partial charge in [0.15, 0.2) is 6.29 Å². The largest absolute Gasteiger partial charge is 0.462 e. The molecule has 1 unspecified atom stereocenters. The Labute approximate surface area is 294 Å². The maximum atomic E-state index is 12.6. The van der Waals surface area contributed by atoms with Gasteiger partial charge in [-0.1, -0.05) is 162 Å². The second-order valence-corrected chi connectivity index (χ2v) is 14.5. The van der Waals surface area contributed by atoms with Crippen LogP contribution < -0.4 is 5.32 Å². The first-order valence-electron chi connectivity index (χ1n) is 21.3. The van der Waals surface area contributed by atoms with Gasteiger partial charge in [0.2, 0.25) is 0 Å². The summed E-state index contributed by atoms with van der Waals surface area (Å²) in [5.41, 5.74) is 0. The van der Waals surface area contributed by atoms with Crippen LogP contribution in [0.3, 0.4) is 0 Å². The van der Waals surface area contributed by atoms with E-state index in [2.05, 4.69) is 26.1 Å². The third-order valence-corrected chi connectivity index (χ3v) is 9.65. The highest BCUT2D eigenvalue weighted by atomic mass is 16.6. The summed E-state index contributed by atoms with van der Waals surface area (Å²) in [6.45, 7) is 9.70. The molecule has 47 heavy (non-hydrogen) atoms. The van der Waals surface area contributed by atoms with E-state index < -0.39 is 6.29 Å². The number of esters is 1. The maximum absolute atomic E-state index is 12.6. The first kappa shape index (κ1) is 46.4. The van der Waals surface area contributed by atoms with E-state index in [4.69, 9.17) is 9.47 Å². The average Bonchev–Trinajstić information content (AvgIpc) is 3.07. The number of ether oxygens (including phenoxy) is 2. The zero-order valence-corrected chi connectivity index (χ0v) is 32.3. The lowest BCUT2D eigenvalue weighted by atomic mass is 10.0. The van der Waals surface area contributed by atoms with Crippen molar-refractivity contribution in [1.29, 1.82) is 0 Å². The minimum Gasteiger partial charge on any atom is -0.462 e. The van der Waals surface area contributed by atoms with Crippen LogP contribution in [0.15, 0.2) is 0 Å². The second kappa shape index (κ2) is 39.8. The van der Waals surface area contributed by atoms with Gasteiger partial charge < -0.3 is 19.9 Å². The SMILES string of the molecule is CCCCCCCCCOC(O)CCCCCCCNCCCCCCCC(=O)OC(CCCCCCCC)CCCCCCCC. The number of hydrogen-bond donors (Lipinski definition) is 2. The molecule has 0 aromatic rings. The number of nitrogens with one attached hydrogen (secondary N) is 1. The van der Waals surface area contributed by atoms with Crippen LogP contribution in [-0.4, -0.2) is 43.2 Å². The Morgan fingerprint density at radius 1 is 0.489 bits per heavy atom. The summed E-state index contributed by atoms with van der Waals surface area (Å²) in [6, 6.07) is 0. The molecule has 0 spiro atoms. The molecule has 0 fully saturated rings. The van der Waals surface area contributed by atoms with Crippen LogP contribution >= 0.6 is 0 Å². The van der Waals surface area contributed by atoms with Gasteiger partial charge in [-0.2, -0.15) is 0 Å². The van der Waals surface area contributed by atoms with Crippen molar-refractivity contribution in [3.05, 3.63) is 0 Å². The molecule has 1 atom stereocenters. The zero-order valence-electron chi connectivity index (χ0n) is 32.3. The van der Waals surface area contributed by atoms with Gasteiger partial charge in [-0.3, -0.25) is 4.79 Å². The Kier molecular flexibility index (Phi) is 39.2. The summed E-state index contributed by atoms with van der Waals surface area (Å²) in [7, 11) is 0. The van der Waals surface area contributed by atoms with Crippen molar-refractivity contribution in [3.8, 4) is 0 Å². The number of unbranched alkanes of at least 4 members (excludes halogenated alkanes) is 24. The van der Waals surface area contributed by atoms with Crippen LogP contribution in [0.1, 0.15) is 233 Å². The van der Waals surface area contributed by atoms with E-state index in [-0.39, 0.29) is 12.1 Å². The van der Waals surface area contributed by atoms with Gasteiger partial charge in [-0.25, -0.2) is 0 Å². The van der Waals surface area contributed by atoms with Crippen molar-refractivity contribution >= 4 is 5.97 Å². The minimum atomic E-state index is -0.572. The first-order valence-corrected chi connectivity index (χ1v) is 21.3. The predicted octanol–water partition coefficient (Wildman–Crippen LogP) is 12.8. The highest BCUT2D eigenvalue weighted by molar-refractivity contribution is 5.69. The van der Waals surface area contributed by atoms with Gasteiger partial charge in [0.1, 0.15) is 6.10 Å². The molecule has 0 radical (unpaired) electrons. The van der Waals surface area contributed by atoms with Gasteiger partial charge in [-0.05, 0) is 77.3 Å². The van der Waals surface area contributed by atoms with E-state index >= 15 is 0 Å². The predicted molar refractivity (Wildman–Crippen MR) is 204 cm³/mol. The smallest absolute Gasteiger partial charge is 0.306 e. The molecule has 282 valence electrons. The monoisotopic (exact) mass is 668 g/mol. The fraction of sp³-hybridized carbons (Fsp3) is 0.976. The van der Waals surface area contributed by atoms with Crippen LogP contribution in [0, 0.1) is 0 Å². The molecule has 0 amide bonds. The van der Waals surface area contributed by atoms with E-state index in [9.17, 15) is 9.90 Å². The Balaban J connectivity index is 3.63. The van der Waals surface area contributed by atoms with Gasteiger partial charge >= 0.3 is 5.97 Å². The molecule has 0 aliphatic carbocycles. The third kappa shape index (κ3) is 38.0. The van der Waals surface area contributed by atoms with Crippen LogP contribution in [0.2, 0.25) is 0 Å². The van der Waals surface area contributed by atoms with Crippen LogP contribution in [0.4, 0.5) is 0 Å². The molecule has 5 nitrogen and oxygen atoms in total. The Bertz CT molecular complexity index is 585. The molecule has 0 rings (SSSR count). The van der Waals surface area contributed by atoms with E-state index in [0.717, 1.165) is 58.0 Å². The molecule has 0 saturated heterocycles. The summed E-state index contributed by atoms with van der Waals surface area (Å²) in [4.78, 5) is 12.6. The average molecular weight is 668 g/mol. The van der Waals surface area contributed by atoms with Crippen molar-refractivity contribution in [2.24, 2.45) is 0 Å². The molecule has 2 N–H and O–H groups in total. The topological polar surface area (TPSA) is 67.8 Å². The summed E-state index contributed by atoms with van der Waals surface area (Å²) in [5, 5.41) is 13.6. The number of aliphatic hydroxyl groups excluding tert-OH is 1. The van der Waals surface area contributed by atoms with E-state index in [0.29, 0.717) is 13.0 Å². The Hall–Kier alpha value is -0.650. The highest BCUT2D eigenvalue weighted by Gasteiger charge is 2.14. The second-order valence-electron chi connectivity index (χ2n) is 14.5. The summed E-state index contributed by atoms with van der Waals surface area (Å²) in [6.07, 6.45) is 39.3. The van der Waals surface area contributed by atoms with Gasteiger partial charge in [0.25, 0.3) is 0 Å². The van der Waals surface area contributed by atoms with Crippen molar-refractivity contribution in [1.82, 2.24) is 5.32 Å². The molecular weight excluding hydrogens is 582 g/mol. The molecule has 0 aromatic heterocycles. The highest BCUT2D eigenvalue weighted by Crippen LogP contribution is 2.18. The fourth-order valence-electron chi connectivity index (χ4n) is 6.45. The molecule has 5 heteroatoms. The quantitative estimate of drug-likeness (QED) is 0.0387. The normalized spacial score (nSPS) is 12.3. The number of carbonyl (C=O) groups excluding carboxylic acids is 1. The minimum absolute atomic E-state index is 0.0388. The lowest BCUT2D eigenvalue weighted by Crippen LogP contribution is -2.18. The molecule has 0 aliphatic rings. The van der Waals surface area contributed by atoms with Gasteiger partial charge in [0.05, 0.1) is 0 Å². The van der Waals surface area contributed by atoms with Crippen molar-refractivity contribution in [2.75, 3.05) is 19.7 Å². The summed E-state index contributed by atoms with van der Waals surface area (Å²) in [5.74, 6) is 0.0388. The number of carbonyl (C=O) groups is 1. The van der Waals surface area contributed by atoms with Crippen LogP contribution in [-0.2, 0) is 14.3 Å². The lowest BCUT2D eigenvalue weighted by Gasteiger charge is -2.18. The fourth-order valence-corrected chi connectivity index (χ4v) is 6.45. The summed E-state index contributed by atoms with van der Waals surface area (Å²) < 4.78 is 11.6. The number of aliphatic hydroxyl groups is 1. The lowest BCUT2D eigenvalue weighted by molar-refractivity contribution is -0.150. The van der Waals surface area contributed by atoms with Crippen molar-refractivity contribution in [2.45, 2.75) is 245 Å². The zero-order chi connectivity index (χ0) is 34.3. The Morgan fingerprint density at radius 2 is 0.872 bits per heavy atom. The van der Waals surface area contributed by atoms with Crippen molar-refractivity contribution < 1.29 is 19.4 Å². The van der Waals surface area contributed by atoms with Crippen LogP contribution in [0.5, 0.6) is 0 Å². The van der Waals surface area contributed by atoms with E-state index in [1.54, 1.807) is 0 Å². The third-order valence-electron chi connectivity index (χ3n) is 9.65. The molecule has 0 saturated carbocycles. The molecular formula is C42H85NO4.